The first kappa shape index (κ1) is 22.4. The van der Waals surface area contributed by atoms with Gasteiger partial charge in [0.05, 0.1) is 4.90 Å². The molecule has 0 radical (unpaired) electrons. The van der Waals surface area contributed by atoms with Gasteiger partial charge in [0.25, 0.3) is 0 Å². The van der Waals surface area contributed by atoms with Crippen LogP contribution >= 0.6 is 0 Å². The van der Waals surface area contributed by atoms with E-state index in [2.05, 4.69) is 9.88 Å². The number of hydrogen-bond acceptors (Lipinski definition) is 7. The molecular formula is C21H23N3O6S. The topological polar surface area (TPSA) is 120 Å². The van der Waals surface area contributed by atoms with Gasteiger partial charge in [-0.15, -0.1) is 0 Å². The zero-order valence-corrected chi connectivity index (χ0v) is 18.4. The SMILES string of the molecule is Cc1cc(-n2c(C)cc(C(=O)COC(=O)C(C)NS(=O)(=O)c3ccccc3)c2C)no1. The standard InChI is InChI=1S/C21H23N3O6S/c1-13-10-18(16(4)24(13)20-11-14(2)30-22-20)19(25)12-29-21(26)15(3)23-31(27,28)17-8-6-5-7-9-17/h5-11,15,23H,12H2,1-4H3. The van der Waals surface area contributed by atoms with Gasteiger partial charge in [0, 0.05) is 23.0 Å². The number of ether oxygens (including phenoxy) is 1. The number of carbonyl (C=O) groups excluding carboxylic acids is 2. The van der Waals surface area contributed by atoms with E-state index in [0.717, 1.165) is 5.69 Å². The van der Waals surface area contributed by atoms with Crippen LogP contribution in [-0.2, 0) is 19.6 Å². The van der Waals surface area contributed by atoms with E-state index in [1.807, 2.05) is 6.92 Å². The van der Waals surface area contributed by atoms with Crippen molar-refractivity contribution in [1.29, 1.82) is 0 Å². The second-order valence-corrected chi connectivity index (χ2v) is 8.82. The molecule has 3 aromatic rings. The smallest absolute Gasteiger partial charge is 0.324 e. The van der Waals surface area contributed by atoms with Crippen molar-refractivity contribution in [3.8, 4) is 5.82 Å². The summed E-state index contributed by atoms with van der Waals surface area (Å²) in [6, 6.07) is 9.92. The molecule has 0 bridgehead atoms. The highest BCUT2D eigenvalue weighted by Gasteiger charge is 2.25. The van der Waals surface area contributed by atoms with Gasteiger partial charge in [-0.3, -0.25) is 14.2 Å². The molecule has 0 aliphatic rings. The van der Waals surface area contributed by atoms with E-state index in [4.69, 9.17) is 9.26 Å². The van der Waals surface area contributed by atoms with Crippen molar-refractivity contribution in [2.24, 2.45) is 0 Å². The van der Waals surface area contributed by atoms with Crippen molar-refractivity contribution in [3.05, 3.63) is 65.2 Å². The number of nitrogens with one attached hydrogen (secondary N) is 1. The highest BCUT2D eigenvalue weighted by atomic mass is 32.2. The van der Waals surface area contributed by atoms with Gasteiger partial charge in [-0.1, -0.05) is 23.4 Å². The molecule has 0 aliphatic heterocycles. The maximum Gasteiger partial charge on any atom is 0.324 e. The third-order valence-corrected chi connectivity index (χ3v) is 6.22. The molecule has 1 atom stereocenters. The van der Waals surface area contributed by atoms with Crippen LogP contribution in [-0.4, -0.2) is 42.5 Å². The number of benzene rings is 1. The normalized spacial score (nSPS) is 12.5. The predicted molar refractivity (Wildman–Crippen MR) is 112 cm³/mol. The maximum atomic E-state index is 12.6. The number of hydrogen-bond donors (Lipinski definition) is 1. The van der Waals surface area contributed by atoms with Crippen molar-refractivity contribution >= 4 is 21.8 Å². The Labute approximate surface area is 180 Å². The molecule has 0 amide bonds. The molecule has 0 spiro atoms. The number of Topliss-reactive ketones (excluding diaryl/α,β-unsaturated/α-hetero) is 1. The van der Waals surface area contributed by atoms with Crippen molar-refractivity contribution < 1.29 is 27.3 Å². The first-order valence-electron chi connectivity index (χ1n) is 9.50. The maximum absolute atomic E-state index is 12.6. The summed E-state index contributed by atoms with van der Waals surface area (Å²) in [7, 11) is -3.89. The van der Waals surface area contributed by atoms with E-state index >= 15 is 0 Å². The zero-order chi connectivity index (χ0) is 22.8. The van der Waals surface area contributed by atoms with E-state index < -0.39 is 34.4 Å². The summed E-state index contributed by atoms with van der Waals surface area (Å²) in [5.41, 5.74) is 1.78. The Hall–Kier alpha value is -3.24. The van der Waals surface area contributed by atoms with Gasteiger partial charge in [0.1, 0.15) is 11.8 Å². The van der Waals surface area contributed by atoms with E-state index in [1.54, 1.807) is 48.7 Å². The quantitative estimate of drug-likeness (QED) is 0.418. The van der Waals surface area contributed by atoms with Crippen LogP contribution in [0.4, 0.5) is 0 Å². The second-order valence-electron chi connectivity index (χ2n) is 7.10. The Kier molecular flexibility index (Phi) is 6.42. The first-order valence-corrected chi connectivity index (χ1v) is 11.0. The van der Waals surface area contributed by atoms with Crippen LogP contribution in [0.15, 0.2) is 51.9 Å². The van der Waals surface area contributed by atoms with E-state index in [-0.39, 0.29) is 4.90 Å². The molecule has 0 saturated heterocycles. The number of carbonyl (C=O) groups is 2. The van der Waals surface area contributed by atoms with Gasteiger partial charge in [-0.25, -0.2) is 8.42 Å². The van der Waals surface area contributed by atoms with Gasteiger partial charge in [-0.05, 0) is 45.9 Å². The number of sulfonamides is 1. The highest BCUT2D eigenvalue weighted by Crippen LogP contribution is 2.21. The van der Waals surface area contributed by atoms with Crippen LogP contribution in [0.2, 0.25) is 0 Å². The molecule has 31 heavy (non-hydrogen) atoms. The molecule has 10 heteroatoms. The molecule has 164 valence electrons. The molecule has 1 aromatic carbocycles. The number of aromatic nitrogens is 2. The minimum Gasteiger partial charge on any atom is -0.456 e. The highest BCUT2D eigenvalue weighted by molar-refractivity contribution is 7.89. The van der Waals surface area contributed by atoms with E-state index in [0.29, 0.717) is 22.8 Å². The molecule has 9 nitrogen and oxygen atoms in total. The van der Waals surface area contributed by atoms with E-state index in [1.165, 1.54) is 19.1 Å². The van der Waals surface area contributed by atoms with Crippen LogP contribution in [0.3, 0.4) is 0 Å². The van der Waals surface area contributed by atoms with Crippen LogP contribution in [0, 0.1) is 20.8 Å². The zero-order valence-electron chi connectivity index (χ0n) is 17.6. The molecule has 1 N–H and O–H groups in total. The van der Waals surface area contributed by atoms with Gasteiger partial charge < -0.3 is 9.26 Å². The third kappa shape index (κ3) is 4.92. The van der Waals surface area contributed by atoms with Crippen LogP contribution in [0.5, 0.6) is 0 Å². The average Bonchev–Trinajstić information content (AvgIpc) is 3.28. The molecule has 0 saturated carbocycles. The second kappa shape index (κ2) is 8.86. The number of ketones is 1. The van der Waals surface area contributed by atoms with Crippen molar-refractivity contribution in [2.45, 2.75) is 38.6 Å². The van der Waals surface area contributed by atoms with Gasteiger partial charge >= 0.3 is 5.97 Å². The number of esters is 1. The lowest BCUT2D eigenvalue weighted by atomic mass is 10.1. The fourth-order valence-corrected chi connectivity index (χ4v) is 4.36. The van der Waals surface area contributed by atoms with Crippen LogP contribution in [0.25, 0.3) is 5.82 Å². The molecule has 3 rings (SSSR count). The molecule has 2 aromatic heterocycles. The van der Waals surface area contributed by atoms with Gasteiger partial charge in [0.2, 0.25) is 15.8 Å². The molecule has 0 fully saturated rings. The van der Waals surface area contributed by atoms with Crippen molar-refractivity contribution in [2.75, 3.05) is 6.61 Å². The fourth-order valence-electron chi connectivity index (χ4n) is 3.14. The van der Waals surface area contributed by atoms with Gasteiger partial charge in [-0.2, -0.15) is 4.72 Å². The number of aryl methyl sites for hydroxylation is 2. The largest absolute Gasteiger partial charge is 0.456 e. The monoisotopic (exact) mass is 445 g/mol. The molecule has 1 unspecified atom stereocenters. The summed E-state index contributed by atoms with van der Waals surface area (Å²) < 4.78 is 38.8. The number of nitrogens with zero attached hydrogens (tertiary/aromatic N) is 2. The Bertz CT molecular complexity index is 1210. The Balaban J connectivity index is 1.65. The minimum absolute atomic E-state index is 0.0289. The summed E-state index contributed by atoms with van der Waals surface area (Å²) in [4.78, 5) is 24.9. The summed E-state index contributed by atoms with van der Waals surface area (Å²) in [5, 5.41) is 3.96. The minimum atomic E-state index is -3.89. The number of rotatable bonds is 8. The van der Waals surface area contributed by atoms with Crippen molar-refractivity contribution in [3.63, 3.8) is 0 Å². The van der Waals surface area contributed by atoms with Crippen LogP contribution in [0.1, 0.15) is 34.4 Å². The summed E-state index contributed by atoms with van der Waals surface area (Å²) in [5.74, 6) is -0.0800. The summed E-state index contributed by atoms with van der Waals surface area (Å²) in [6.07, 6.45) is 0. The van der Waals surface area contributed by atoms with Crippen LogP contribution < -0.4 is 4.72 Å². The van der Waals surface area contributed by atoms with Gasteiger partial charge in [0.15, 0.2) is 12.4 Å². The lowest BCUT2D eigenvalue weighted by molar-refractivity contribution is -0.144. The Morgan fingerprint density at radius 2 is 1.84 bits per heavy atom. The average molecular weight is 445 g/mol. The first-order chi connectivity index (χ1) is 14.6. The molecular weight excluding hydrogens is 422 g/mol. The lowest BCUT2D eigenvalue weighted by Crippen LogP contribution is -2.40. The van der Waals surface area contributed by atoms with Crippen molar-refractivity contribution in [1.82, 2.24) is 14.4 Å². The molecule has 2 heterocycles. The summed E-state index contributed by atoms with van der Waals surface area (Å²) in [6.45, 7) is 6.18. The lowest BCUT2D eigenvalue weighted by Gasteiger charge is -2.13. The summed E-state index contributed by atoms with van der Waals surface area (Å²) >= 11 is 0. The molecule has 0 aliphatic carbocycles. The van der Waals surface area contributed by atoms with E-state index in [9.17, 15) is 18.0 Å². The Morgan fingerprint density at radius 1 is 1.16 bits per heavy atom. The predicted octanol–water partition coefficient (Wildman–Crippen LogP) is 2.48. The Morgan fingerprint density at radius 3 is 2.45 bits per heavy atom. The third-order valence-electron chi connectivity index (χ3n) is 4.66. The fraction of sp³-hybridized carbons (Fsp3) is 0.286.